The number of nitrogens with zero attached hydrogens (tertiary/aromatic N) is 1. The lowest BCUT2D eigenvalue weighted by atomic mass is 10.1. The van der Waals surface area contributed by atoms with E-state index in [2.05, 4.69) is 4.57 Å². The first-order chi connectivity index (χ1) is 10.3. The lowest BCUT2D eigenvalue weighted by Gasteiger charge is -2.06. The molecule has 1 aromatic heterocycles. The minimum atomic E-state index is -0.339. The number of aromatic nitrogens is 1. The van der Waals surface area contributed by atoms with Crippen LogP contribution in [0.15, 0.2) is 36.4 Å². The van der Waals surface area contributed by atoms with Crippen LogP contribution in [0.1, 0.15) is 16.8 Å². The van der Waals surface area contributed by atoms with Crippen molar-refractivity contribution >= 4 is 27.6 Å². The molecule has 2 aromatic carbocycles. The van der Waals surface area contributed by atoms with Gasteiger partial charge in [0.05, 0.1) is 23.1 Å². The van der Waals surface area contributed by atoms with Gasteiger partial charge in [-0.15, -0.1) is 0 Å². The summed E-state index contributed by atoms with van der Waals surface area (Å²) in [7, 11) is 0. The van der Waals surface area contributed by atoms with Crippen molar-refractivity contribution in [1.82, 2.24) is 4.57 Å². The summed E-state index contributed by atoms with van der Waals surface area (Å²) in [5, 5.41) is 2.02. The molecule has 0 fully saturated rings. The normalized spacial score (nSPS) is 13.9. The number of para-hydroxylation sites is 1. The number of fused-ring (bicyclic) bond motifs is 5. The number of aryl methyl sites for hydroxylation is 1. The van der Waals surface area contributed by atoms with Gasteiger partial charge in [0.15, 0.2) is 6.61 Å². The number of carbonyl (C=O) groups excluding carboxylic acids is 1. The largest absolute Gasteiger partial charge is 0.484 e. The fourth-order valence-electron chi connectivity index (χ4n) is 3.15. The van der Waals surface area contributed by atoms with E-state index in [1.165, 1.54) is 0 Å². The van der Waals surface area contributed by atoms with Crippen LogP contribution < -0.4 is 4.74 Å². The second-order valence-corrected chi connectivity index (χ2v) is 5.26. The van der Waals surface area contributed by atoms with Crippen LogP contribution in [0.3, 0.4) is 0 Å². The summed E-state index contributed by atoms with van der Waals surface area (Å²) in [5.74, 6) is 0.695. The van der Waals surface area contributed by atoms with Crippen LogP contribution in [-0.4, -0.2) is 23.6 Å². The fourth-order valence-corrected chi connectivity index (χ4v) is 3.15. The first-order valence-electron chi connectivity index (χ1n) is 7.07. The molecule has 1 aliphatic rings. The molecule has 0 aliphatic carbocycles. The van der Waals surface area contributed by atoms with Gasteiger partial charge in [-0.3, -0.25) is 9.18 Å². The topological polar surface area (TPSA) is 31.2 Å². The predicted octanol–water partition coefficient (Wildman–Crippen LogP) is 3.73. The SMILES string of the molecule is O=C1COc2c1ccc1c2c2ccccc2n1CCCF. The van der Waals surface area contributed by atoms with Crippen LogP contribution in [0.25, 0.3) is 21.8 Å². The van der Waals surface area contributed by atoms with Crippen molar-refractivity contribution in [1.29, 1.82) is 0 Å². The Morgan fingerprint density at radius 2 is 2.00 bits per heavy atom. The molecule has 3 aromatic rings. The summed E-state index contributed by atoms with van der Waals surface area (Å²) in [5.41, 5.74) is 2.70. The predicted molar refractivity (Wildman–Crippen MR) is 79.9 cm³/mol. The molecule has 4 rings (SSSR count). The van der Waals surface area contributed by atoms with E-state index in [4.69, 9.17) is 4.74 Å². The first kappa shape index (κ1) is 12.4. The number of rotatable bonds is 3. The average Bonchev–Trinajstić information content (AvgIpc) is 3.04. The number of halogens is 1. The van der Waals surface area contributed by atoms with E-state index >= 15 is 0 Å². The van der Waals surface area contributed by atoms with Crippen molar-refractivity contribution in [3.63, 3.8) is 0 Å². The lowest BCUT2D eigenvalue weighted by Crippen LogP contribution is -1.99. The molecule has 0 saturated heterocycles. The molecule has 0 unspecified atom stereocenters. The summed E-state index contributed by atoms with van der Waals surface area (Å²) in [4.78, 5) is 11.8. The Labute approximate surface area is 120 Å². The molecule has 4 heteroatoms. The molecule has 106 valence electrons. The highest BCUT2D eigenvalue weighted by Gasteiger charge is 2.26. The highest BCUT2D eigenvalue weighted by Crippen LogP contribution is 2.40. The van der Waals surface area contributed by atoms with E-state index in [0.717, 1.165) is 21.8 Å². The van der Waals surface area contributed by atoms with E-state index in [1.54, 1.807) is 0 Å². The zero-order valence-corrected chi connectivity index (χ0v) is 11.4. The molecule has 0 N–H and O–H groups in total. The molecule has 3 nitrogen and oxygen atoms in total. The molecular weight excluding hydrogens is 269 g/mol. The van der Waals surface area contributed by atoms with Gasteiger partial charge in [0.2, 0.25) is 5.78 Å². The number of carbonyl (C=O) groups is 1. The van der Waals surface area contributed by atoms with Crippen LogP contribution in [-0.2, 0) is 6.54 Å². The molecule has 0 atom stereocenters. The second kappa shape index (κ2) is 4.58. The fraction of sp³-hybridized carbons (Fsp3) is 0.235. The Morgan fingerprint density at radius 3 is 2.86 bits per heavy atom. The maximum absolute atomic E-state index is 12.6. The van der Waals surface area contributed by atoms with Crippen molar-refractivity contribution in [2.24, 2.45) is 0 Å². The maximum atomic E-state index is 12.6. The second-order valence-electron chi connectivity index (χ2n) is 5.26. The Hall–Kier alpha value is -2.36. The maximum Gasteiger partial charge on any atom is 0.203 e. The third kappa shape index (κ3) is 1.68. The summed E-state index contributed by atoms with van der Waals surface area (Å²) in [6.07, 6.45) is 0.477. The minimum absolute atomic E-state index is 0.0208. The van der Waals surface area contributed by atoms with Gasteiger partial charge in [-0.25, -0.2) is 0 Å². The van der Waals surface area contributed by atoms with E-state index in [0.29, 0.717) is 24.3 Å². The number of alkyl halides is 1. The van der Waals surface area contributed by atoms with Crippen molar-refractivity contribution in [2.45, 2.75) is 13.0 Å². The van der Waals surface area contributed by atoms with Gasteiger partial charge >= 0.3 is 0 Å². The molecule has 0 bridgehead atoms. The number of hydrogen-bond donors (Lipinski definition) is 0. The molecule has 0 saturated carbocycles. The van der Waals surface area contributed by atoms with Crippen molar-refractivity contribution in [3.8, 4) is 5.75 Å². The Bertz CT molecular complexity index is 866. The van der Waals surface area contributed by atoms with Gasteiger partial charge in [0, 0.05) is 17.4 Å². The monoisotopic (exact) mass is 283 g/mol. The summed E-state index contributed by atoms with van der Waals surface area (Å²) >= 11 is 0. The van der Waals surface area contributed by atoms with E-state index in [1.807, 2.05) is 36.4 Å². The van der Waals surface area contributed by atoms with Crippen LogP contribution in [0.4, 0.5) is 4.39 Å². The van der Waals surface area contributed by atoms with Crippen molar-refractivity contribution in [2.75, 3.05) is 13.3 Å². The molecule has 1 aliphatic heterocycles. The highest BCUT2D eigenvalue weighted by atomic mass is 19.1. The van der Waals surface area contributed by atoms with Gasteiger partial charge < -0.3 is 9.30 Å². The molecular formula is C17H14FNO2. The van der Waals surface area contributed by atoms with Crippen LogP contribution in [0.5, 0.6) is 5.75 Å². The number of hydrogen-bond acceptors (Lipinski definition) is 2. The molecule has 0 amide bonds. The summed E-state index contributed by atoms with van der Waals surface area (Å²) in [6, 6.07) is 11.8. The van der Waals surface area contributed by atoms with Crippen LogP contribution in [0.2, 0.25) is 0 Å². The lowest BCUT2D eigenvalue weighted by molar-refractivity contribution is 0.0961. The Kier molecular flexibility index (Phi) is 2.70. The number of ketones is 1. The first-order valence-corrected chi connectivity index (χ1v) is 7.07. The van der Waals surface area contributed by atoms with E-state index in [9.17, 15) is 9.18 Å². The number of Topliss-reactive ketones (excluding diaryl/α,β-unsaturated/α-hetero) is 1. The average molecular weight is 283 g/mol. The minimum Gasteiger partial charge on any atom is -0.484 e. The molecule has 2 heterocycles. The van der Waals surface area contributed by atoms with Crippen molar-refractivity contribution in [3.05, 3.63) is 42.0 Å². The zero-order valence-electron chi connectivity index (χ0n) is 11.4. The van der Waals surface area contributed by atoms with Gasteiger partial charge in [-0.05, 0) is 24.6 Å². The molecule has 21 heavy (non-hydrogen) atoms. The molecule has 0 radical (unpaired) electrons. The number of ether oxygens (including phenoxy) is 1. The Balaban J connectivity index is 2.10. The Morgan fingerprint density at radius 1 is 1.14 bits per heavy atom. The summed E-state index contributed by atoms with van der Waals surface area (Å²) < 4.78 is 20.3. The standard InChI is InChI=1S/C17H14FNO2/c18-8-3-9-19-13-5-2-1-4-11(13)16-14(19)7-6-12-15(20)10-21-17(12)16/h1-2,4-7H,3,8-10H2. The third-order valence-electron chi connectivity index (χ3n) is 4.05. The quantitative estimate of drug-likeness (QED) is 0.733. The van der Waals surface area contributed by atoms with Gasteiger partial charge in [0.25, 0.3) is 0 Å². The van der Waals surface area contributed by atoms with Gasteiger partial charge in [-0.2, -0.15) is 0 Å². The van der Waals surface area contributed by atoms with Crippen molar-refractivity contribution < 1.29 is 13.9 Å². The van der Waals surface area contributed by atoms with E-state index < -0.39 is 0 Å². The third-order valence-corrected chi connectivity index (χ3v) is 4.05. The van der Waals surface area contributed by atoms with Gasteiger partial charge in [-0.1, -0.05) is 18.2 Å². The summed E-state index contributed by atoms with van der Waals surface area (Å²) in [6.45, 7) is 0.388. The van der Waals surface area contributed by atoms with E-state index in [-0.39, 0.29) is 19.1 Å². The zero-order chi connectivity index (χ0) is 14.4. The van der Waals surface area contributed by atoms with Crippen LogP contribution >= 0.6 is 0 Å². The number of benzene rings is 2. The highest BCUT2D eigenvalue weighted by molar-refractivity contribution is 6.16. The smallest absolute Gasteiger partial charge is 0.203 e. The molecule has 0 spiro atoms. The van der Waals surface area contributed by atoms with Crippen LogP contribution in [0, 0.1) is 0 Å². The van der Waals surface area contributed by atoms with Gasteiger partial charge in [0.1, 0.15) is 5.75 Å².